The van der Waals surface area contributed by atoms with Crippen LogP contribution in [0.3, 0.4) is 0 Å². The van der Waals surface area contributed by atoms with Gasteiger partial charge in [-0.1, -0.05) is 6.42 Å². The van der Waals surface area contributed by atoms with Crippen molar-refractivity contribution in [1.29, 1.82) is 0 Å². The lowest BCUT2D eigenvalue weighted by Gasteiger charge is -2.16. The Bertz CT molecular complexity index is 507. The number of urea groups is 1. The summed E-state index contributed by atoms with van der Waals surface area (Å²) in [7, 11) is 0. The second-order valence-electron chi connectivity index (χ2n) is 6.59. The SMILES string of the molecule is O=C(O)CCOCCOCCNC(=O)CCCC[C@H]1SC[C@@H]2NC(=O)N[C@H]21. The second-order valence-corrected chi connectivity index (χ2v) is 7.86. The summed E-state index contributed by atoms with van der Waals surface area (Å²) >= 11 is 1.89. The number of carbonyl (C=O) groups is 3. The Morgan fingerprint density at radius 2 is 1.89 bits per heavy atom. The van der Waals surface area contributed by atoms with Gasteiger partial charge in [0.25, 0.3) is 0 Å². The Morgan fingerprint density at radius 3 is 2.67 bits per heavy atom. The van der Waals surface area contributed by atoms with E-state index in [9.17, 15) is 14.4 Å². The zero-order chi connectivity index (χ0) is 19.5. The molecule has 0 aromatic heterocycles. The van der Waals surface area contributed by atoms with Crippen LogP contribution in [-0.2, 0) is 19.1 Å². The number of amides is 3. The van der Waals surface area contributed by atoms with Gasteiger partial charge < -0.3 is 30.5 Å². The van der Waals surface area contributed by atoms with E-state index in [0.29, 0.717) is 38.0 Å². The minimum atomic E-state index is -0.882. The summed E-state index contributed by atoms with van der Waals surface area (Å²) in [6.07, 6.45) is 3.29. The van der Waals surface area contributed by atoms with Gasteiger partial charge in [-0.3, -0.25) is 9.59 Å². The normalized spacial score (nSPS) is 23.6. The van der Waals surface area contributed by atoms with Crippen LogP contribution in [0.1, 0.15) is 32.1 Å². The lowest BCUT2D eigenvalue weighted by molar-refractivity contribution is -0.138. The topological polar surface area (TPSA) is 126 Å². The monoisotopic (exact) mass is 403 g/mol. The highest BCUT2D eigenvalue weighted by Crippen LogP contribution is 2.33. The number of rotatable bonds is 14. The van der Waals surface area contributed by atoms with Gasteiger partial charge in [-0.05, 0) is 12.8 Å². The van der Waals surface area contributed by atoms with Crippen LogP contribution in [0.5, 0.6) is 0 Å². The van der Waals surface area contributed by atoms with E-state index < -0.39 is 5.97 Å². The smallest absolute Gasteiger partial charge is 0.315 e. The predicted octanol–water partition coefficient (Wildman–Crippen LogP) is 0.336. The van der Waals surface area contributed by atoms with Gasteiger partial charge in [0.05, 0.1) is 44.9 Å². The largest absolute Gasteiger partial charge is 0.481 e. The van der Waals surface area contributed by atoms with Crippen LogP contribution < -0.4 is 16.0 Å². The average molecular weight is 404 g/mol. The molecule has 0 aromatic carbocycles. The molecule has 2 rings (SSSR count). The Hall–Kier alpha value is -1.52. The molecule has 4 N–H and O–H groups in total. The highest BCUT2D eigenvalue weighted by molar-refractivity contribution is 8.00. The highest BCUT2D eigenvalue weighted by atomic mass is 32.2. The van der Waals surface area contributed by atoms with Gasteiger partial charge in [0.15, 0.2) is 0 Å². The van der Waals surface area contributed by atoms with Crippen molar-refractivity contribution in [3.05, 3.63) is 0 Å². The molecule has 0 aliphatic carbocycles. The summed E-state index contributed by atoms with van der Waals surface area (Å²) < 4.78 is 10.4. The summed E-state index contributed by atoms with van der Waals surface area (Å²) in [4.78, 5) is 33.4. The number of aliphatic carboxylic acids is 1. The highest BCUT2D eigenvalue weighted by Gasteiger charge is 2.42. The minimum absolute atomic E-state index is 0.0117. The summed E-state index contributed by atoms with van der Waals surface area (Å²) in [5.41, 5.74) is 0. The average Bonchev–Trinajstić information content (AvgIpc) is 3.16. The van der Waals surface area contributed by atoms with E-state index in [4.69, 9.17) is 14.6 Å². The maximum absolute atomic E-state index is 11.8. The van der Waals surface area contributed by atoms with E-state index in [1.54, 1.807) is 0 Å². The molecular weight excluding hydrogens is 374 g/mol. The Morgan fingerprint density at radius 1 is 1.11 bits per heavy atom. The Labute approximate surface area is 163 Å². The van der Waals surface area contributed by atoms with Crippen molar-refractivity contribution >= 4 is 29.7 Å². The van der Waals surface area contributed by atoms with Crippen molar-refractivity contribution < 1.29 is 29.0 Å². The number of carbonyl (C=O) groups excluding carboxylic acids is 2. The zero-order valence-electron chi connectivity index (χ0n) is 15.4. The van der Waals surface area contributed by atoms with Crippen molar-refractivity contribution in [2.45, 2.75) is 49.4 Å². The summed E-state index contributed by atoms with van der Waals surface area (Å²) in [5, 5.41) is 17.6. The molecule has 0 bridgehead atoms. The number of fused-ring (bicyclic) bond motifs is 1. The molecule has 3 amide bonds. The third-order valence-electron chi connectivity index (χ3n) is 4.48. The summed E-state index contributed by atoms with van der Waals surface area (Å²) in [6, 6.07) is 0.406. The van der Waals surface area contributed by atoms with Crippen molar-refractivity contribution in [2.75, 3.05) is 38.7 Å². The maximum atomic E-state index is 11.8. The minimum Gasteiger partial charge on any atom is -0.481 e. The lowest BCUT2D eigenvalue weighted by atomic mass is 10.0. The van der Waals surface area contributed by atoms with E-state index in [1.807, 2.05) is 11.8 Å². The van der Waals surface area contributed by atoms with Crippen molar-refractivity contribution in [3.8, 4) is 0 Å². The molecule has 27 heavy (non-hydrogen) atoms. The van der Waals surface area contributed by atoms with E-state index in [1.165, 1.54) is 0 Å². The first kappa shape index (κ1) is 21.8. The van der Waals surface area contributed by atoms with Crippen LogP contribution in [0.25, 0.3) is 0 Å². The molecule has 0 radical (unpaired) electrons. The number of unbranched alkanes of at least 4 members (excludes halogenated alkanes) is 1. The molecule has 2 aliphatic rings. The molecule has 154 valence electrons. The molecule has 0 aromatic rings. The first-order valence-electron chi connectivity index (χ1n) is 9.39. The summed E-state index contributed by atoms with van der Waals surface area (Å²) in [5.74, 6) is 0.0929. The van der Waals surface area contributed by atoms with Gasteiger partial charge in [0.1, 0.15) is 0 Å². The zero-order valence-corrected chi connectivity index (χ0v) is 16.2. The van der Waals surface area contributed by atoms with Crippen LogP contribution in [0.4, 0.5) is 4.79 Å². The van der Waals surface area contributed by atoms with E-state index in [2.05, 4.69) is 16.0 Å². The number of ether oxygens (including phenoxy) is 2. The van der Waals surface area contributed by atoms with Gasteiger partial charge in [-0.15, -0.1) is 0 Å². The Kier molecular flexibility index (Phi) is 9.71. The third kappa shape index (κ3) is 8.35. The molecule has 10 heteroatoms. The van der Waals surface area contributed by atoms with Gasteiger partial charge >= 0.3 is 12.0 Å². The van der Waals surface area contributed by atoms with E-state index in [0.717, 1.165) is 25.0 Å². The van der Waals surface area contributed by atoms with E-state index in [-0.39, 0.29) is 37.0 Å². The molecule has 3 atom stereocenters. The molecule has 0 unspecified atom stereocenters. The van der Waals surface area contributed by atoms with Crippen LogP contribution in [0.2, 0.25) is 0 Å². The number of hydrogen-bond donors (Lipinski definition) is 4. The molecule has 2 heterocycles. The molecule has 2 aliphatic heterocycles. The molecule has 2 saturated heterocycles. The van der Waals surface area contributed by atoms with Crippen molar-refractivity contribution in [2.24, 2.45) is 0 Å². The van der Waals surface area contributed by atoms with Gasteiger partial charge in [0, 0.05) is 24.0 Å². The Balaban J connectivity index is 1.38. The number of hydrogen-bond acceptors (Lipinski definition) is 6. The fraction of sp³-hybridized carbons (Fsp3) is 0.824. The predicted molar refractivity (Wildman–Crippen MR) is 101 cm³/mol. The molecule has 9 nitrogen and oxygen atoms in total. The standard InChI is InChI=1S/C17H29N3O6S/c21-14(18-6-8-26-10-9-25-7-5-15(22)23)4-2-1-3-13-16-12(11-27-13)19-17(24)20-16/h12-13,16H,1-11H2,(H,18,21)(H,22,23)(H2,19,20,24)/t12-,13+,16+/m0/s1. The van der Waals surface area contributed by atoms with Gasteiger partial charge in [-0.2, -0.15) is 11.8 Å². The number of carboxylic acid groups (broad SMARTS) is 1. The van der Waals surface area contributed by atoms with Crippen molar-refractivity contribution in [3.63, 3.8) is 0 Å². The third-order valence-corrected chi connectivity index (χ3v) is 5.99. The van der Waals surface area contributed by atoms with Gasteiger partial charge in [-0.25, -0.2) is 4.79 Å². The first-order chi connectivity index (χ1) is 13.1. The molecule has 0 saturated carbocycles. The first-order valence-corrected chi connectivity index (χ1v) is 10.4. The van der Waals surface area contributed by atoms with Crippen LogP contribution in [0.15, 0.2) is 0 Å². The number of thioether (sulfide) groups is 1. The summed E-state index contributed by atoms with van der Waals surface area (Å²) in [6.45, 7) is 1.76. The molecular formula is C17H29N3O6S. The quantitative estimate of drug-likeness (QED) is 0.243. The fourth-order valence-corrected chi connectivity index (χ4v) is 4.65. The maximum Gasteiger partial charge on any atom is 0.315 e. The second kappa shape index (κ2) is 12.0. The molecule has 2 fully saturated rings. The van der Waals surface area contributed by atoms with Crippen LogP contribution in [-0.4, -0.2) is 79.1 Å². The van der Waals surface area contributed by atoms with Crippen LogP contribution >= 0.6 is 11.8 Å². The van der Waals surface area contributed by atoms with Crippen molar-refractivity contribution in [1.82, 2.24) is 16.0 Å². The fourth-order valence-electron chi connectivity index (χ4n) is 3.11. The van der Waals surface area contributed by atoms with E-state index >= 15 is 0 Å². The van der Waals surface area contributed by atoms with Gasteiger partial charge in [0.2, 0.25) is 5.91 Å². The van der Waals surface area contributed by atoms with Crippen LogP contribution in [0, 0.1) is 0 Å². The lowest BCUT2D eigenvalue weighted by Crippen LogP contribution is -2.36. The number of carboxylic acids is 1. The number of nitrogens with one attached hydrogen (secondary N) is 3. The molecule has 0 spiro atoms.